The van der Waals surface area contributed by atoms with Gasteiger partial charge in [0, 0.05) is 16.7 Å². The highest BCUT2D eigenvalue weighted by atomic mass is 32.2. The summed E-state index contributed by atoms with van der Waals surface area (Å²) >= 11 is 1.51. The van der Waals surface area contributed by atoms with Gasteiger partial charge in [0.25, 0.3) is 0 Å². The predicted octanol–water partition coefficient (Wildman–Crippen LogP) is 3.56. The highest BCUT2D eigenvalue weighted by molar-refractivity contribution is 8.00. The Bertz CT molecular complexity index is 897. The summed E-state index contributed by atoms with van der Waals surface area (Å²) in [5.41, 5.74) is 1.99. The topological polar surface area (TPSA) is 74.7 Å². The molecule has 7 heteroatoms. The van der Waals surface area contributed by atoms with Gasteiger partial charge in [-0.25, -0.2) is 8.42 Å². The third kappa shape index (κ3) is 4.72. The summed E-state index contributed by atoms with van der Waals surface area (Å²) in [5.74, 6) is -1.72. The lowest BCUT2D eigenvalue weighted by atomic mass is 9.90. The van der Waals surface area contributed by atoms with Gasteiger partial charge in [0.1, 0.15) is 0 Å². The minimum absolute atomic E-state index is 0.0167. The van der Waals surface area contributed by atoms with Gasteiger partial charge in [-0.3, -0.25) is 4.79 Å². The normalized spacial score (nSPS) is 23.9. The first-order valence-electron chi connectivity index (χ1n) is 8.73. The molecule has 1 aliphatic rings. The Morgan fingerprint density at radius 1 is 1.11 bits per heavy atom. The van der Waals surface area contributed by atoms with Crippen LogP contribution in [-0.2, 0) is 14.8 Å². The molecule has 2 aromatic carbocycles. The number of aryl methyl sites for hydroxylation is 1. The van der Waals surface area contributed by atoms with Crippen LogP contribution in [0.15, 0.2) is 59.5 Å². The van der Waals surface area contributed by atoms with Gasteiger partial charge >= 0.3 is 5.97 Å². The molecule has 27 heavy (non-hydrogen) atoms. The SMILES string of the molecule is Cc1ccc([C@@H]2C[C@@H](Sc3ccccc3)[C@H](C(=O)O)CN2S(C)(=O)=O)cc1. The second kappa shape index (κ2) is 8.04. The van der Waals surface area contributed by atoms with E-state index in [0.29, 0.717) is 6.42 Å². The summed E-state index contributed by atoms with van der Waals surface area (Å²) in [6, 6.07) is 17.1. The number of carboxylic acids is 1. The molecule has 3 atom stereocenters. The van der Waals surface area contributed by atoms with E-state index in [1.165, 1.54) is 16.1 Å². The number of piperidine rings is 1. The fourth-order valence-electron chi connectivity index (χ4n) is 3.44. The van der Waals surface area contributed by atoms with Crippen LogP contribution in [0.2, 0.25) is 0 Å². The number of carbonyl (C=O) groups is 1. The number of sulfonamides is 1. The molecule has 1 aliphatic heterocycles. The van der Waals surface area contributed by atoms with Crippen molar-refractivity contribution in [3.63, 3.8) is 0 Å². The van der Waals surface area contributed by atoms with Crippen LogP contribution in [0.5, 0.6) is 0 Å². The van der Waals surface area contributed by atoms with Crippen molar-refractivity contribution in [2.75, 3.05) is 12.8 Å². The van der Waals surface area contributed by atoms with Crippen LogP contribution >= 0.6 is 11.8 Å². The number of aliphatic carboxylic acids is 1. The molecule has 1 N–H and O–H groups in total. The summed E-state index contributed by atoms with van der Waals surface area (Å²) in [4.78, 5) is 12.9. The number of thioether (sulfide) groups is 1. The van der Waals surface area contributed by atoms with E-state index in [2.05, 4.69) is 0 Å². The monoisotopic (exact) mass is 405 g/mol. The van der Waals surface area contributed by atoms with E-state index in [1.807, 2.05) is 61.5 Å². The fourth-order valence-corrected chi connectivity index (χ4v) is 5.85. The third-order valence-corrected chi connectivity index (χ3v) is 7.49. The number of hydrogen-bond donors (Lipinski definition) is 1. The highest BCUT2D eigenvalue weighted by Gasteiger charge is 2.43. The first kappa shape index (κ1) is 19.9. The van der Waals surface area contributed by atoms with Gasteiger partial charge in [-0.1, -0.05) is 48.0 Å². The Kier molecular flexibility index (Phi) is 5.93. The van der Waals surface area contributed by atoms with Crippen LogP contribution in [0.25, 0.3) is 0 Å². The van der Waals surface area contributed by atoms with Gasteiger partial charge in [-0.15, -0.1) is 11.8 Å². The standard InChI is InChI=1S/C20H23NO4S2/c1-14-8-10-15(11-9-14)18-12-19(26-16-6-4-3-5-7-16)17(20(22)23)13-21(18)27(2,24)25/h3-11,17-19H,12-13H2,1-2H3,(H,22,23)/t17-,18+,19-/m1/s1. The van der Waals surface area contributed by atoms with Crippen LogP contribution in [-0.4, -0.2) is 41.8 Å². The molecular formula is C20H23NO4S2. The summed E-state index contributed by atoms with van der Waals surface area (Å²) in [5, 5.41) is 9.51. The molecule has 0 saturated carbocycles. The van der Waals surface area contributed by atoms with E-state index in [1.54, 1.807) is 0 Å². The Morgan fingerprint density at radius 3 is 2.30 bits per heavy atom. The van der Waals surface area contributed by atoms with Gasteiger partial charge in [0.2, 0.25) is 10.0 Å². The lowest BCUT2D eigenvalue weighted by molar-refractivity contribution is -0.143. The van der Waals surface area contributed by atoms with Gasteiger partial charge in [-0.05, 0) is 31.0 Å². The maximum absolute atomic E-state index is 12.4. The van der Waals surface area contributed by atoms with E-state index in [9.17, 15) is 18.3 Å². The van der Waals surface area contributed by atoms with Crippen molar-refractivity contribution in [1.82, 2.24) is 4.31 Å². The molecule has 3 rings (SSSR count). The molecule has 0 aromatic heterocycles. The van der Waals surface area contributed by atoms with Gasteiger partial charge < -0.3 is 5.11 Å². The van der Waals surface area contributed by atoms with Crippen LogP contribution in [0.4, 0.5) is 0 Å². The summed E-state index contributed by atoms with van der Waals surface area (Å²) < 4.78 is 26.1. The molecule has 144 valence electrons. The van der Waals surface area contributed by atoms with E-state index < -0.39 is 21.9 Å². The lowest BCUT2D eigenvalue weighted by Crippen LogP contribution is -2.49. The molecule has 0 spiro atoms. The van der Waals surface area contributed by atoms with Crippen molar-refractivity contribution in [2.45, 2.75) is 29.5 Å². The molecule has 0 aliphatic carbocycles. The van der Waals surface area contributed by atoms with Gasteiger partial charge in [-0.2, -0.15) is 4.31 Å². The molecule has 0 bridgehead atoms. The average molecular weight is 406 g/mol. The molecule has 5 nitrogen and oxygen atoms in total. The number of hydrogen-bond acceptors (Lipinski definition) is 4. The van der Waals surface area contributed by atoms with Crippen LogP contribution in [0, 0.1) is 12.8 Å². The second-order valence-electron chi connectivity index (χ2n) is 6.91. The van der Waals surface area contributed by atoms with E-state index in [0.717, 1.165) is 22.3 Å². The Labute approximate surface area is 164 Å². The molecule has 0 amide bonds. The first-order valence-corrected chi connectivity index (χ1v) is 11.5. The summed E-state index contributed by atoms with van der Waals surface area (Å²) in [6.45, 7) is 1.96. The van der Waals surface area contributed by atoms with E-state index in [-0.39, 0.29) is 17.8 Å². The molecule has 1 heterocycles. The summed E-state index contributed by atoms with van der Waals surface area (Å²) in [6.07, 6.45) is 1.60. The maximum Gasteiger partial charge on any atom is 0.308 e. The van der Waals surface area contributed by atoms with E-state index in [4.69, 9.17) is 0 Å². The molecule has 1 fully saturated rings. The third-order valence-electron chi connectivity index (χ3n) is 4.86. The fraction of sp³-hybridized carbons (Fsp3) is 0.350. The lowest BCUT2D eigenvalue weighted by Gasteiger charge is -2.41. The number of nitrogens with zero attached hydrogens (tertiary/aromatic N) is 1. The highest BCUT2D eigenvalue weighted by Crippen LogP contribution is 2.42. The van der Waals surface area contributed by atoms with Crippen molar-refractivity contribution < 1.29 is 18.3 Å². The maximum atomic E-state index is 12.4. The predicted molar refractivity (Wildman–Crippen MR) is 107 cm³/mol. The number of rotatable bonds is 5. The zero-order chi connectivity index (χ0) is 19.6. The van der Waals surface area contributed by atoms with Gasteiger partial charge in [0.15, 0.2) is 0 Å². The van der Waals surface area contributed by atoms with Crippen molar-refractivity contribution in [3.8, 4) is 0 Å². The first-order chi connectivity index (χ1) is 12.8. The molecular weight excluding hydrogens is 382 g/mol. The number of carboxylic acid groups (broad SMARTS) is 1. The van der Waals surface area contributed by atoms with Crippen LogP contribution in [0.1, 0.15) is 23.6 Å². The minimum atomic E-state index is -3.54. The van der Waals surface area contributed by atoms with Crippen molar-refractivity contribution in [2.24, 2.45) is 5.92 Å². The van der Waals surface area contributed by atoms with Crippen molar-refractivity contribution >= 4 is 27.8 Å². The average Bonchev–Trinajstić information content (AvgIpc) is 2.62. The smallest absolute Gasteiger partial charge is 0.308 e. The van der Waals surface area contributed by atoms with Gasteiger partial charge in [0.05, 0.1) is 18.2 Å². The van der Waals surface area contributed by atoms with Crippen LogP contribution in [0.3, 0.4) is 0 Å². The molecule has 0 unspecified atom stereocenters. The zero-order valence-electron chi connectivity index (χ0n) is 15.3. The summed E-state index contributed by atoms with van der Waals surface area (Å²) in [7, 11) is -3.54. The molecule has 2 aromatic rings. The minimum Gasteiger partial charge on any atom is -0.481 e. The Balaban J connectivity index is 1.96. The Hall–Kier alpha value is -1.83. The zero-order valence-corrected chi connectivity index (χ0v) is 16.9. The van der Waals surface area contributed by atoms with Crippen molar-refractivity contribution in [3.05, 3.63) is 65.7 Å². The number of benzene rings is 2. The van der Waals surface area contributed by atoms with Crippen LogP contribution < -0.4 is 0 Å². The largest absolute Gasteiger partial charge is 0.481 e. The second-order valence-corrected chi connectivity index (χ2v) is 10.2. The van der Waals surface area contributed by atoms with Crippen molar-refractivity contribution in [1.29, 1.82) is 0 Å². The van der Waals surface area contributed by atoms with E-state index >= 15 is 0 Å². The molecule has 1 saturated heterocycles. The molecule has 0 radical (unpaired) electrons. The Morgan fingerprint density at radius 2 is 1.74 bits per heavy atom. The quantitative estimate of drug-likeness (QED) is 0.823.